The number of nitrogens with one attached hydrogen (secondary N) is 1. The first-order valence-electron chi connectivity index (χ1n) is 12.1. The third-order valence-electron chi connectivity index (χ3n) is 7.36. The predicted molar refractivity (Wildman–Crippen MR) is 128 cm³/mol. The van der Waals surface area contributed by atoms with E-state index in [9.17, 15) is 19.5 Å². The van der Waals surface area contributed by atoms with E-state index in [0.29, 0.717) is 32.2 Å². The molecule has 0 radical (unpaired) electrons. The molecule has 180 valence electrons. The number of nitrogens with zero attached hydrogens (tertiary/aromatic N) is 1. The van der Waals surface area contributed by atoms with Crippen LogP contribution in [0, 0.1) is 5.92 Å². The number of likely N-dealkylation sites (tertiary alicyclic amines) is 1. The van der Waals surface area contributed by atoms with Crippen molar-refractivity contribution < 1.29 is 24.2 Å². The molecule has 1 aliphatic carbocycles. The standard InChI is InChI=1S/C27H32N2O5/c1-3-27(4-2,25(32)29-15-9-10-18(16-29)24(30)31)28-26(33)34-17-23-21-13-7-5-11-19(21)20-12-6-8-14-22(20)23/h5-8,11-14,18,23H,3-4,9-10,15-17H2,1-2H3,(H,28,33)(H,30,31). The van der Waals surface area contributed by atoms with Crippen molar-refractivity contribution in [2.75, 3.05) is 19.7 Å². The van der Waals surface area contributed by atoms with Crippen LogP contribution in [0.3, 0.4) is 0 Å². The van der Waals surface area contributed by atoms with Crippen LogP contribution in [0.15, 0.2) is 48.5 Å². The third-order valence-corrected chi connectivity index (χ3v) is 7.36. The predicted octanol–water partition coefficient (Wildman–Crippen LogP) is 4.41. The van der Waals surface area contributed by atoms with Gasteiger partial charge in [-0.25, -0.2) is 4.79 Å². The van der Waals surface area contributed by atoms with Crippen molar-refractivity contribution in [3.05, 3.63) is 59.7 Å². The van der Waals surface area contributed by atoms with Gasteiger partial charge in [-0.15, -0.1) is 0 Å². The first kappa shape index (κ1) is 23.8. The van der Waals surface area contributed by atoms with Crippen LogP contribution in [-0.2, 0) is 14.3 Å². The average Bonchev–Trinajstić information content (AvgIpc) is 3.19. The van der Waals surface area contributed by atoms with E-state index < -0.39 is 23.5 Å². The number of carboxylic acids is 1. The molecular formula is C27H32N2O5. The second-order valence-corrected chi connectivity index (χ2v) is 9.17. The Morgan fingerprint density at radius 2 is 1.62 bits per heavy atom. The Bertz CT molecular complexity index is 1030. The van der Waals surface area contributed by atoms with Crippen molar-refractivity contribution in [1.82, 2.24) is 10.2 Å². The van der Waals surface area contributed by atoms with Crippen LogP contribution in [0.1, 0.15) is 56.6 Å². The Labute approximate surface area is 200 Å². The second kappa shape index (κ2) is 9.87. The topological polar surface area (TPSA) is 95.9 Å². The van der Waals surface area contributed by atoms with Gasteiger partial charge in [0.2, 0.25) is 5.91 Å². The highest BCUT2D eigenvalue weighted by Crippen LogP contribution is 2.44. The van der Waals surface area contributed by atoms with Crippen molar-refractivity contribution in [3.63, 3.8) is 0 Å². The van der Waals surface area contributed by atoms with Crippen molar-refractivity contribution >= 4 is 18.0 Å². The minimum atomic E-state index is -1.12. The highest BCUT2D eigenvalue weighted by molar-refractivity contribution is 5.90. The lowest BCUT2D eigenvalue weighted by Gasteiger charge is -2.39. The van der Waals surface area contributed by atoms with Gasteiger partial charge in [0.1, 0.15) is 12.1 Å². The number of aliphatic carboxylic acids is 1. The molecule has 0 saturated carbocycles. The third kappa shape index (κ3) is 4.39. The fourth-order valence-corrected chi connectivity index (χ4v) is 5.28. The van der Waals surface area contributed by atoms with E-state index >= 15 is 0 Å². The molecule has 0 spiro atoms. The first-order valence-corrected chi connectivity index (χ1v) is 12.1. The Morgan fingerprint density at radius 1 is 1.03 bits per heavy atom. The maximum atomic E-state index is 13.4. The van der Waals surface area contributed by atoms with E-state index in [1.165, 1.54) is 0 Å². The molecule has 1 unspecified atom stereocenters. The van der Waals surface area contributed by atoms with Gasteiger partial charge in [-0.2, -0.15) is 0 Å². The van der Waals surface area contributed by atoms with Crippen LogP contribution >= 0.6 is 0 Å². The number of fused-ring (bicyclic) bond motifs is 3. The number of carboxylic acid groups (broad SMARTS) is 1. The summed E-state index contributed by atoms with van der Waals surface area (Å²) in [6.45, 7) is 4.54. The van der Waals surface area contributed by atoms with E-state index in [1.807, 2.05) is 38.1 Å². The lowest BCUT2D eigenvalue weighted by Crippen LogP contribution is -2.61. The van der Waals surface area contributed by atoms with Crippen molar-refractivity contribution in [1.29, 1.82) is 0 Å². The molecule has 0 aromatic heterocycles. The highest BCUT2D eigenvalue weighted by atomic mass is 16.5. The molecule has 2 aliphatic rings. The summed E-state index contributed by atoms with van der Waals surface area (Å²) in [4.78, 5) is 39.4. The summed E-state index contributed by atoms with van der Waals surface area (Å²) in [5, 5.41) is 12.2. The van der Waals surface area contributed by atoms with Crippen LogP contribution in [0.2, 0.25) is 0 Å². The molecule has 7 heteroatoms. The molecular weight excluding hydrogens is 432 g/mol. The number of amides is 2. The largest absolute Gasteiger partial charge is 0.481 e. The van der Waals surface area contributed by atoms with Crippen molar-refractivity contribution in [2.45, 2.75) is 51.0 Å². The van der Waals surface area contributed by atoms with E-state index in [4.69, 9.17) is 4.74 Å². The highest BCUT2D eigenvalue weighted by Gasteiger charge is 2.42. The smallest absolute Gasteiger partial charge is 0.408 e. The summed E-state index contributed by atoms with van der Waals surface area (Å²) in [6.07, 6.45) is 1.34. The number of benzene rings is 2. The van der Waals surface area contributed by atoms with Crippen molar-refractivity contribution in [2.24, 2.45) is 5.92 Å². The fourth-order valence-electron chi connectivity index (χ4n) is 5.28. The van der Waals surface area contributed by atoms with Gasteiger partial charge in [0.15, 0.2) is 0 Å². The van der Waals surface area contributed by atoms with E-state index in [-0.39, 0.29) is 25.0 Å². The summed E-state index contributed by atoms with van der Waals surface area (Å²) < 4.78 is 5.68. The van der Waals surface area contributed by atoms with Gasteiger partial charge in [-0.05, 0) is 47.9 Å². The van der Waals surface area contributed by atoms with Gasteiger partial charge in [0.05, 0.1) is 5.92 Å². The second-order valence-electron chi connectivity index (χ2n) is 9.17. The number of hydrogen-bond donors (Lipinski definition) is 2. The van der Waals surface area contributed by atoms with Crippen LogP contribution < -0.4 is 5.32 Å². The Balaban J connectivity index is 1.46. The molecule has 1 heterocycles. The van der Waals surface area contributed by atoms with E-state index in [0.717, 1.165) is 22.3 Å². The summed E-state index contributed by atoms with van der Waals surface area (Å²) in [7, 11) is 0. The summed E-state index contributed by atoms with van der Waals surface area (Å²) in [5.41, 5.74) is 3.42. The molecule has 2 aromatic carbocycles. The lowest BCUT2D eigenvalue weighted by molar-refractivity contribution is -0.148. The summed E-state index contributed by atoms with van der Waals surface area (Å²) >= 11 is 0. The molecule has 1 atom stereocenters. The van der Waals surface area contributed by atoms with Gasteiger partial charge in [0, 0.05) is 19.0 Å². The Morgan fingerprint density at radius 3 is 2.18 bits per heavy atom. The molecule has 2 amide bonds. The Kier molecular flexibility index (Phi) is 6.91. The van der Waals surface area contributed by atoms with E-state index in [2.05, 4.69) is 29.6 Å². The van der Waals surface area contributed by atoms with Gasteiger partial charge in [-0.3, -0.25) is 9.59 Å². The fraction of sp³-hybridized carbons (Fsp3) is 0.444. The van der Waals surface area contributed by atoms with Gasteiger partial charge in [-0.1, -0.05) is 62.4 Å². The molecule has 7 nitrogen and oxygen atoms in total. The quantitative estimate of drug-likeness (QED) is 0.633. The molecule has 2 aromatic rings. The zero-order valence-corrected chi connectivity index (χ0v) is 19.8. The van der Waals surface area contributed by atoms with Crippen molar-refractivity contribution in [3.8, 4) is 11.1 Å². The number of hydrogen-bond acceptors (Lipinski definition) is 4. The van der Waals surface area contributed by atoms with Gasteiger partial charge in [0.25, 0.3) is 0 Å². The maximum Gasteiger partial charge on any atom is 0.408 e. The van der Waals surface area contributed by atoms with E-state index in [1.54, 1.807) is 4.90 Å². The summed E-state index contributed by atoms with van der Waals surface area (Å²) in [6, 6.07) is 16.2. The molecule has 2 N–H and O–H groups in total. The van der Waals surface area contributed by atoms with Crippen LogP contribution in [0.5, 0.6) is 0 Å². The normalized spacial score (nSPS) is 17.6. The monoisotopic (exact) mass is 464 g/mol. The van der Waals surface area contributed by atoms with Crippen LogP contribution in [0.4, 0.5) is 4.79 Å². The zero-order valence-electron chi connectivity index (χ0n) is 19.8. The number of alkyl carbamates (subject to hydrolysis) is 1. The number of ether oxygens (including phenoxy) is 1. The Hall–Kier alpha value is -3.35. The number of rotatable bonds is 7. The summed E-state index contributed by atoms with van der Waals surface area (Å²) in [5.74, 6) is -1.76. The minimum absolute atomic E-state index is 0.0649. The molecule has 4 rings (SSSR count). The zero-order chi connectivity index (χ0) is 24.3. The number of piperidine rings is 1. The first-order chi connectivity index (χ1) is 16.4. The van der Waals surface area contributed by atoms with Gasteiger partial charge < -0.3 is 20.1 Å². The minimum Gasteiger partial charge on any atom is -0.481 e. The molecule has 1 saturated heterocycles. The maximum absolute atomic E-state index is 13.4. The molecule has 34 heavy (non-hydrogen) atoms. The lowest BCUT2D eigenvalue weighted by atomic mass is 9.89. The van der Waals surface area contributed by atoms with Gasteiger partial charge >= 0.3 is 12.1 Å². The molecule has 0 bridgehead atoms. The average molecular weight is 465 g/mol. The molecule has 1 aliphatic heterocycles. The van der Waals surface area contributed by atoms with Crippen LogP contribution in [0.25, 0.3) is 11.1 Å². The SMILES string of the molecule is CCC(CC)(NC(=O)OCC1c2ccccc2-c2ccccc21)C(=O)N1CCCC(C(=O)O)C1. The molecule has 1 fully saturated rings. The number of carbonyl (C=O) groups excluding carboxylic acids is 2. The van der Waals surface area contributed by atoms with Crippen LogP contribution in [-0.4, -0.2) is 53.2 Å². The number of carbonyl (C=O) groups is 3.